The van der Waals surface area contributed by atoms with Crippen molar-refractivity contribution in [3.05, 3.63) is 88.1 Å². The van der Waals surface area contributed by atoms with Gasteiger partial charge < -0.3 is 4.74 Å². The van der Waals surface area contributed by atoms with Crippen LogP contribution < -0.4 is 4.74 Å². The zero-order chi connectivity index (χ0) is 30.1. The molecule has 1 atom stereocenters. The third-order valence-electron chi connectivity index (χ3n) is 8.41. The molecular formula is C32H30ClF5N4O. The normalized spacial score (nSPS) is 18.6. The Kier molecular flexibility index (Phi) is 8.42. The number of allylic oxidation sites excluding steroid dienone is 1. The second-order valence-electron chi connectivity index (χ2n) is 11.2. The molecule has 6 rings (SSSR count). The first-order valence-electron chi connectivity index (χ1n) is 14.3. The van der Waals surface area contributed by atoms with Crippen LogP contribution in [0.1, 0.15) is 48.1 Å². The molecule has 226 valence electrons. The number of fused-ring (bicyclic) bond motifs is 1. The first-order chi connectivity index (χ1) is 20.7. The number of hydrogen-bond acceptors (Lipinski definition) is 4. The molecule has 1 unspecified atom stereocenters. The van der Waals surface area contributed by atoms with Crippen LogP contribution in [-0.4, -0.2) is 53.0 Å². The lowest BCUT2D eigenvalue weighted by molar-refractivity contribution is -0.137. The molecule has 2 aromatic heterocycles. The van der Waals surface area contributed by atoms with E-state index in [-0.39, 0.29) is 29.2 Å². The molecule has 2 aliphatic rings. The van der Waals surface area contributed by atoms with Gasteiger partial charge in [-0.15, -0.1) is 0 Å². The van der Waals surface area contributed by atoms with Crippen LogP contribution in [0.4, 0.5) is 22.0 Å². The number of hydrogen-bond donors (Lipinski definition) is 1. The molecule has 1 saturated carbocycles. The van der Waals surface area contributed by atoms with Gasteiger partial charge in [-0.1, -0.05) is 36.2 Å². The highest BCUT2D eigenvalue weighted by Crippen LogP contribution is 2.47. The van der Waals surface area contributed by atoms with Gasteiger partial charge in [0, 0.05) is 25.2 Å². The summed E-state index contributed by atoms with van der Waals surface area (Å²) in [6.07, 6.45) is -0.311. The number of alkyl halides is 4. The molecule has 2 aromatic carbocycles. The first kappa shape index (κ1) is 29.6. The minimum absolute atomic E-state index is 0.00571. The largest absolute Gasteiger partial charge is 0.492 e. The highest BCUT2D eigenvalue weighted by Gasteiger charge is 2.34. The molecular weight excluding hydrogens is 587 g/mol. The third kappa shape index (κ3) is 6.26. The van der Waals surface area contributed by atoms with Gasteiger partial charge in [-0.3, -0.25) is 19.4 Å². The van der Waals surface area contributed by atoms with Crippen molar-refractivity contribution in [3.63, 3.8) is 0 Å². The van der Waals surface area contributed by atoms with E-state index in [0.717, 1.165) is 62.2 Å². The van der Waals surface area contributed by atoms with Crippen molar-refractivity contribution in [1.82, 2.24) is 20.1 Å². The number of pyridine rings is 1. The van der Waals surface area contributed by atoms with E-state index < -0.39 is 17.7 Å². The van der Waals surface area contributed by atoms with Crippen LogP contribution in [0.5, 0.6) is 5.75 Å². The minimum Gasteiger partial charge on any atom is -0.492 e. The van der Waals surface area contributed by atoms with Crippen molar-refractivity contribution in [2.24, 2.45) is 11.8 Å². The van der Waals surface area contributed by atoms with E-state index in [0.29, 0.717) is 40.9 Å². The zero-order valence-corrected chi connectivity index (χ0v) is 24.0. The summed E-state index contributed by atoms with van der Waals surface area (Å²) in [5.74, 6) is 0.172. The zero-order valence-electron chi connectivity index (χ0n) is 23.2. The van der Waals surface area contributed by atoms with Crippen LogP contribution in [0.25, 0.3) is 22.0 Å². The topological polar surface area (TPSA) is 54.0 Å². The van der Waals surface area contributed by atoms with Gasteiger partial charge in [0.1, 0.15) is 12.4 Å². The predicted molar refractivity (Wildman–Crippen MR) is 156 cm³/mol. The third-order valence-corrected chi connectivity index (χ3v) is 8.70. The van der Waals surface area contributed by atoms with Gasteiger partial charge in [-0.2, -0.15) is 22.7 Å². The molecule has 0 amide bonds. The standard InChI is InChI=1S/C32H30ClF5N4O/c33-26-15-23(32(36,37)38)17-39-30(26)29(20-2-1-3-20)28(22-6-9-27-25(14-22)31(35)41-40-27)21-4-7-24(8-5-21)43-13-12-42-11-10-19(16-34)18-42/h4-9,14-15,17,19-20H,1-3,10-13,16,18H2,(H,40,41). The van der Waals surface area contributed by atoms with E-state index in [9.17, 15) is 22.0 Å². The number of nitrogens with one attached hydrogen (secondary N) is 1. The fourth-order valence-corrected chi connectivity index (χ4v) is 6.14. The Morgan fingerprint density at radius 2 is 1.81 bits per heavy atom. The Balaban J connectivity index is 1.39. The molecule has 1 aliphatic heterocycles. The number of rotatable bonds is 9. The fraction of sp³-hybridized carbons (Fsp3) is 0.375. The highest BCUT2D eigenvalue weighted by molar-refractivity contribution is 6.32. The maximum absolute atomic E-state index is 14.6. The molecule has 1 N–H and O–H groups in total. The Hall–Kier alpha value is -3.50. The Labute approximate surface area is 250 Å². The van der Waals surface area contributed by atoms with E-state index in [4.69, 9.17) is 16.3 Å². The number of H-pyrrole nitrogens is 1. The van der Waals surface area contributed by atoms with Crippen molar-refractivity contribution >= 4 is 33.7 Å². The number of aromatic amines is 1. The van der Waals surface area contributed by atoms with Crippen LogP contribution in [0.2, 0.25) is 5.02 Å². The lowest BCUT2D eigenvalue weighted by Gasteiger charge is -2.31. The summed E-state index contributed by atoms with van der Waals surface area (Å²) in [6, 6.07) is 13.5. The summed E-state index contributed by atoms with van der Waals surface area (Å²) in [6.45, 7) is 2.44. The minimum atomic E-state index is -4.58. The van der Waals surface area contributed by atoms with E-state index in [1.807, 2.05) is 30.3 Å². The van der Waals surface area contributed by atoms with Crippen LogP contribution in [0, 0.1) is 17.8 Å². The Morgan fingerprint density at radius 3 is 2.47 bits per heavy atom. The van der Waals surface area contributed by atoms with Gasteiger partial charge in [-0.25, -0.2) is 0 Å². The fourth-order valence-electron chi connectivity index (χ4n) is 5.87. The average Bonchev–Trinajstić information content (AvgIpc) is 3.58. The molecule has 5 nitrogen and oxygen atoms in total. The van der Waals surface area contributed by atoms with Crippen molar-refractivity contribution in [1.29, 1.82) is 0 Å². The van der Waals surface area contributed by atoms with Crippen LogP contribution >= 0.6 is 11.6 Å². The molecule has 43 heavy (non-hydrogen) atoms. The molecule has 4 aromatic rings. The van der Waals surface area contributed by atoms with Crippen molar-refractivity contribution in [2.75, 3.05) is 32.9 Å². The number of nitrogens with zero attached hydrogens (tertiary/aromatic N) is 3. The molecule has 1 saturated heterocycles. The van der Waals surface area contributed by atoms with E-state index in [1.165, 1.54) is 0 Å². The first-order valence-corrected chi connectivity index (χ1v) is 14.7. The monoisotopic (exact) mass is 616 g/mol. The van der Waals surface area contributed by atoms with Gasteiger partial charge in [0.25, 0.3) is 0 Å². The molecule has 0 radical (unpaired) electrons. The van der Waals surface area contributed by atoms with Crippen molar-refractivity contribution < 1.29 is 26.7 Å². The van der Waals surface area contributed by atoms with Crippen LogP contribution in [-0.2, 0) is 6.18 Å². The number of aromatic nitrogens is 3. The summed E-state index contributed by atoms with van der Waals surface area (Å²) < 4.78 is 73.8. The summed E-state index contributed by atoms with van der Waals surface area (Å²) in [7, 11) is 0. The van der Waals surface area contributed by atoms with Crippen LogP contribution in [0.3, 0.4) is 0 Å². The van der Waals surface area contributed by atoms with Gasteiger partial charge in [-0.05, 0) is 84.3 Å². The molecule has 0 spiro atoms. The van der Waals surface area contributed by atoms with Crippen molar-refractivity contribution in [2.45, 2.75) is 31.9 Å². The molecule has 3 heterocycles. The average molecular weight is 617 g/mol. The lowest BCUT2D eigenvalue weighted by Crippen LogP contribution is -2.26. The smallest absolute Gasteiger partial charge is 0.417 e. The second-order valence-corrected chi connectivity index (χ2v) is 11.6. The molecule has 1 aliphatic carbocycles. The van der Waals surface area contributed by atoms with E-state index in [2.05, 4.69) is 20.1 Å². The van der Waals surface area contributed by atoms with E-state index >= 15 is 0 Å². The highest BCUT2D eigenvalue weighted by atomic mass is 35.5. The summed E-state index contributed by atoms with van der Waals surface area (Å²) in [5.41, 5.74) is 2.67. The Bertz CT molecular complexity index is 1630. The summed E-state index contributed by atoms with van der Waals surface area (Å²) in [5, 5.41) is 6.55. The van der Waals surface area contributed by atoms with Gasteiger partial charge in [0.05, 0.1) is 33.9 Å². The maximum Gasteiger partial charge on any atom is 0.417 e. The van der Waals surface area contributed by atoms with Gasteiger partial charge in [0.2, 0.25) is 5.95 Å². The predicted octanol–water partition coefficient (Wildman–Crippen LogP) is 8.20. The maximum atomic E-state index is 14.6. The number of ether oxygens (including phenoxy) is 1. The number of likely N-dealkylation sites (tertiary alicyclic amines) is 1. The van der Waals surface area contributed by atoms with E-state index in [1.54, 1.807) is 12.1 Å². The molecule has 11 heteroatoms. The van der Waals surface area contributed by atoms with Crippen LogP contribution in [0.15, 0.2) is 54.7 Å². The molecule has 0 bridgehead atoms. The summed E-state index contributed by atoms with van der Waals surface area (Å²) >= 11 is 6.52. The van der Waals surface area contributed by atoms with Gasteiger partial charge in [0.15, 0.2) is 0 Å². The number of halogens is 6. The lowest BCUT2D eigenvalue weighted by atomic mass is 9.74. The Morgan fingerprint density at radius 1 is 1.05 bits per heavy atom. The summed E-state index contributed by atoms with van der Waals surface area (Å²) in [4.78, 5) is 6.43. The van der Waals surface area contributed by atoms with Gasteiger partial charge >= 0.3 is 6.18 Å². The number of benzene rings is 2. The second kappa shape index (κ2) is 12.2. The van der Waals surface area contributed by atoms with Crippen molar-refractivity contribution in [3.8, 4) is 5.75 Å². The molecule has 2 fully saturated rings. The quantitative estimate of drug-likeness (QED) is 0.193. The SMILES string of the molecule is FCC1CCN(CCOc2ccc(C(=C(c3ncc(C(F)(F)F)cc3Cl)C3CCC3)c3ccc4n[nH]c(F)c4c3)cc2)C1.